The number of methoxy groups -OCH3 is 1. The third-order valence-electron chi connectivity index (χ3n) is 3.99. The molecule has 0 aliphatic heterocycles. The maximum absolute atomic E-state index is 13.8. The molecule has 4 heteroatoms. The summed E-state index contributed by atoms with van der Waals surface area (Å²) in [5, 5.41) is 0. The van der Waals surface area contributed by atoms with Gasteiger partial charge in [-0.05, 0) is 18.9 Å². The predicted molar refractivity (Wildman–Crippen MR) is 66.7 cm³/mol. The monoisotopic (exact) mass is 255 g/mol. The SMILES string of the molecule is COc1c(F)cc(F)cc1C1(CN)CCCCC1. The van der Waals surface area contributed by atoms with E-state index >= 15 is 0 Å². The zero-order valence-corrected chi connectivity index (χ0v) is 10.6. The molecule has 0 saturated heterocycles. The highest BCUT2D eigenvalue weighted by Crippen LogP contribution is 2.43. The van der Waals surface area contributed by atoms with Crippen LogP contribution in [-0.4, -0.2) is 13.7 Å². The highest BCUT2D eigenvalue weighted by Gasteiger charge is 2.36. The molecule has 18 heavy (non-hydrogen) atoms. The normalized spacial score (nSPS) is 18.7. The number of halogens is 2. The fourth-order valence-electron chi connectivity index (χ4n) is 2.97. The van der Waals surface area contributed by atoms with Gasteiger partial charge in [0.05, 0.1) is 7.11 Å². The fourth-order valence-corrected chi connectivity index (χ4v) is 2.97. The van der Waals surface area contributed by atoms with Crippen LogP contribution in [0, 0.1) is 11.6 Å². The molecule has 0 heterocycles. The van der Waals surface area contributed by atoms with Crippen LogP contribution in [-0.2, 0) is 5.41 Å². The minimum Gasteiger partial charge on any atom is -0.493 e. The number of hydrogen-bond donors (Lipinski definition) is 1. The standard InChI is InChI=1S/C14H19F2NO/c1-18-13-11(7-10(15)8-12(13)16)14(9-17)5-3-2-4-6-14/h7-8H,2-6,9,17H2,1H3. The maximum atomic E-state index is 13.8. The van der Waals surface area contributed by atoms with Gasteiger partial charge in [0.15, 0.2) is 11.6 Å². The summed E-state index contributed by atoms with van der Waals surface area (Å²) in [6.45, 7) is 0.395. The highest BCUT2D eigenvalue weighted by molar-refractivity contribution is 5.42. The molecule has 1 aliphatic rings. The quantitative estimate of drug-likeness (QED) is 0.900. The Balaban J connectivity index is 2.53. The Bertz CT molecular complexity index is 428. The summed E-state index contributed by atoms with van der Waals surface area (Å²) in [5.41, 5.74) is 6.14. The Labute approximate surface area is 106 Å². The molecule has 1 aromatic rings. The lowest BCUT2D eigenvalue weighted by atomic mass is 9.69. The molecule has 0 unspecified atom stereocenters. The maximum Gasteiger partial charge on any atom is 0.168 e. The molecule has 100 valence electrons. The second-order valence-corrected chi connectivity index (χ2v) is 5.01. The molecule has 1 aromatic carbocycles. The van der Waals surface area contributed by atoms with Gasteiger partial charge in [-0.3, -0.25) is 0 Å². The number of ether oxygens (including phenoxy) is 1. The molecule has 1 aliphatic carbocycles. The fraction of sp³-hybridized carbons (Fsp3) is 0.571. The van der Waals surface area contributed by atoms with E-state index in [1.54, 1.807) is 0 Å². The van der Waals surface area contributed by atoms with Gasteiger partial charge < -0.3 is 10.5 Å². The van der Waals surface area contributed by atoms with Gasteiger partial charge in [0.2, 0.25) is 0 Å². The first kappa shape index (κ1) is 13.3. The molecular weight excluding hydrogens is 236 g/mol. The third kappa shape index (κ3) is 2.21. The zero-order valence-electron chi connectivity index (χ0n) is 10.6. The minimum atomic E-state index is -0.647. The zero-order chi connectivity index (χ0) is 13.2. The molecule has 0 radical (unpaired) electrons. The van der Waals surface area contributed by atoms with Crippen molar-refractivity contribution in [3.8, 4) is 5.75 Å². The lowest BCUT2D eigenvalue weighted by Crippen LogP contribution is -2.37. The third-order valence-corrected chi connectivity index (χ3v) is 3.99. The van der Waals surface area contributed by atoms with E-state index in [2.05, 4.69) is 0 Å². The van der Waals surface area contributed by atoms with E-state index in [4.69, 9.17) is 10.5 Å². The van der Waals surface area contributed by atoms with Gasteiger partial charge in [0.1, 0.15) is 5.82 Å². The van der Waals surface area contributed by atoms with E-state index in [-0.39, 0.29) is 11.2 Å². The Hall–Kier alpha value is -1.16. The van der Waals surface area contributed by atoms with Crippen LogP contribution in [0.2, 0.25) is 0 Å². The Morgan fingerprint density at radius 3 is 2.44 bits per heavy atom. The van der Waals surface area contributed by atoms with Crippen molar-refractivity contribution < 1.29 is 13.5 Å². The summed E-state index contributed by atoms with van der Waals surface area (Å²) in [7, 11) is 1.41. The van der Waals surface area contributed by atoms with Crippen LogP contribution in [0.3, 0.4) is 0 Å². The van der Waals surface area contributed by atoms with Gasteiger partial charge in [-0.15, -0.1) is 0 Å². The second kappa shape index (κ2) is 5.22. The first-order valence-electron chi connectivity index (χ1n) is 6.36. The topological polar surface area (TPSA) is 35.2 Å². The molecule has 2 nitrogen and oxygen atoms in total. The molecule has 0 spiro atoms. The van der Waals surface area contributed by atoms with E-state index in [0.717, 1.165) is 38.2 Å². The Morgan fingerprint density at radius 1 is 1.22 bits per heavy atom. The average molecular weight is 255 g/mol. The van der Waals surface area contributed by atoms with Crippen LogP contribution >= 0.6 is 0 Å². The molecule has 1 fully saturated rings. The smallest absolute Gasteiger partial charge is 0.168 e. The van der Waals surface area contributed by atoms with Crippen molar-refractivity contribution in [2.24, 2.45) is 5.73 Å². The molecule has 0 atom stereocenters. The van der Waals surface area contributed by atoms with E-state index in [1.807, 2.05) is 0 Å². The van der Waals surface area contributed by atoms with Gasteiger partial charge in [0.25, 0.3) is 0 Å². The van der Waals surface area contributed by atoms with Crippen molar-refractivity contribution in [2.45, 2.75) is 37.5 Å². The Kier molecular flexibility index (Phi) is 3.85. The van der Waals surface area contributed by atoms with Gasteiger partial charge in [-0.25, -0.2) is 8.78 Å². The van der Waals surface area contributed by atoms with E-state index in [1.165, 1.54) is 13.2 Å². The van der Waals surface area contributed by atoms with Crippen LogP contribution < -0.4 is 10.5 Å². The summed E-state index contributed by atoms with van der Waals surface area (Å²) in [5.74, 6) is -1.07. The molecule has 2 N–H and O–H groups in total. The first-order valence-corrected chi connectivity index (χ1v) is 6.36. The van der Waals surface area contributed by atoms with E-state index in [0.29, 0.717) is 12.1 Å². The second-order valence-electron chi connectivity index (χ2n) is 5.01. The molecule has 0 amide bonds. The predicted octanol–water partition coefficient (Wildman–Crippen LogP) is 3.13. The first-order chi connectivity index (χ1) is 8.63. The molecule has 0 bridgehead atoms. The van der Waals surface area contributed by atoms with Gasteiger partial charge >= 0.3 is 0 Å². The summed E-state index contributed by atoms with van der Waals surface area (Å²) in [6, 6.07) is 2.23. The van der Waals surface area contributed by atoms with Crippen molar-refractivity contribution in [1.82, 2.24) is 0 Å². The summed E-state index contributed by atoms with van der Waals surface area (Å²) < 4.78 is 32.4. The largest absolute Gasteiger partial charge is 0.493 e. The van der Waals surface area contributed by atoms with E-state index in [9.17, 15) is 8.78 Å². The lowest BCUT2D eigenvalue weighted by Gasteiger charge is -2.37. The number of nitrogens with two attached hydrogens (primary N) is 1. The summed E-state index contributed by atoms with van der Waals surface area (Å²) in [4.78, 5) is 0. The van der Waals surface area contributed by atoms with Crippen molar-refractivity contribution in [2.75, 3.05) is 13.7 Å². The number of hydrogen-bond acceptors (Lipinski definition) is 2. The summed E-state index contributed by atoms with van der Waals surface area (Å²) >= 11 is 0. The van der Waals surface area contributed by atoms with Crippen LogP contribution in [0.4, 0.5) is 8.78 Å². The van der Waals surface area contributed by atoms with Gasteiger partial charge in [-0.1, -0.05) is 19.3 Å². The molecule has 2 rings (SSSR count). The van der Waals surface area contributed by atoms with Crippen molar-refractivity contribution >= 4 is 0 Å². The number of rotatable bonds is 3. The number of benzene rings is 1. The van der Waals surface area contributed by atoms with Crippen LogP contribution in [0.15, 0.2) is 12.1 Å². The van der Waals surface area contributed by atoms with Crippen LogP contribution in [0.5, 0.6) is 5.75 Å². The van der Waals surface area contributed by atoms with Gasteiger partial charge in [-0.2, -0.15) is 0 Å². The van der Waals surface area contributed by atoms with Crippen LogP contribution in [0.25, 0.3) is 0 Å². The van der Waals surface area contributed by atoms with Crippen LogP contribution in [0.1, 0.15) is 37.7 Å². The van der Waals surface area contributed by atoms with Crippen molar-refractivity contribution in [3.05, 3.63) is 29.3 Å². The van der Waals surface area contributed by atoms with Crippen molar-refractivity contribution in [1.29, 1.82) is 0 Å². The summed E-state index contributed by atoms with van der Waals surface area (Å²) in [6.07, 6.45) is 4.96. The highest BCUT2D eigenvalue weighted by atomic mass is 19.1. The molecule has 0 aromatic heterocycles. The Morgan fingerprint density at radius 2 is 1.89 bits per heavy atom. The van der Waals surface area contributed by atoms with Crippen molar-refractivity contribution in [3.63, 3.8) is 0 Å². The van der Waals surface area contributed by atoms with E-state index < -0.39 is 11.6 Å². The lowest BCUT2D eigenvalue weighted by molar-refractivity contribution is 0.281. The average Bonchev–Trinajstić information content (AvgIpc) is 2.38. The molecule has 1 saturated carbocycles. The van der Waals surface area contributed by atoms with Gasteiger partial charge in [0, 0.05) is 23.6 Å². The molecular formula is C14H19F2NO. The minimum absolute atomic E-state index is 0.142.